The smallest absolute Gasteiger partial charge is 0.271 e. The molecule has 0 aliphatic carbocycles. The lowest BCUT2D eigenvalue weighted by Gasteiger charge is -2.32. The van der Waals surface area contributed by atoms with Crippen molar-refractivity contribution < 1.29 is 32.4 Å². The van der Waals surface area contributed by atoms with E-state index in [0.29, 0.717) is 17.7 Å². The van der Waals surface area contributed by atoms with Crippen LogP contribution in [0.2, 0.25) is 0 Å². The molecule has 38 heavy (non-hydrogen) atoms. The van der Waals surface area contributed by atoms with Crippen molar-refractivity contribution in [1.82, 2.24) is 10.2 Å². The highest BCUT2D eigenvalue weighted by molar-refractivity contribution is 7.92. The Morgan fingerprint density at radius 3 is 2.34 bits per heavy atom. The molecule has 1 N–H and O–H groups in total. The van der Waals surface area contributed by atoms with Crippen molar-refractivity contribution >= 4 is 33.2 Å². The molecule has 0 aromatic heterocycles. The second kappa shape index (κ2) is 13.1. The van der Waals surface area contributed by atoms with Crippen molar-refractivity contribution in [2.75, 3.05) is 31.3 Å². The van der Waals surface area contributed by atoms with E-state index in [1.165, 1.54) is 31.3 Å². The van der Waals surface area contributed by atoms with E-state index in [4.69, 9.17) is 9.47 Å². The molecule has 0 saturated heterocycles. The average molecular weight is 551 g/mol. The van der Waals surface area contributed by atoms with Crippen LogP contribution >= 0.6 is 0 Å². The summed E-state index contributed by atoms with van der Waals surface area (Å²) in [6.07, 6.45) is 1.56. The SMILES string of the molecule is CCC(C)NC(=O)C(C)N(Cc1cccc(OC)c1)C(=O)CN(c1cc([N+](=O)[O-])ccc1OC)S(C)(=O)=O. The molecule has 2 aromatic rings. The number of amides is 2. The van der Waals surface area contributed by atoms with Gasteiger partial charge in [-0.15, -0.1) is 0 Å². The molecule has 2 aromatic carbocycles. The van der Waals surface area contributed by atoms with Gasteiger partial charge >= 0.3 is 0 Å². The second-order valence-electron chi connectivity index (χ2n) is 8.75. The third-order valence-electron chi connectivity index (χ3n) is 5.98. The summed E-state index contributed by atoms with van der Waals surface area (Å²) in [7, 11) is -1.33. The predicted octanol–water partition coefficient (Wildman–Crippen LogP) is 2.71. The molecular weight excluding hydrogens is 516 g/mol. The topological polar surface area (TPSA) is 148 Å². The molecular formula is C25H34N4O8S. The van der Waals surface area contributed by atoms with Crippen LogP contribution in [-0.4, -0.2) is 69.2 Å². The van der Waals surface area contributed by atoms with Crippen LogP contribution in [-0.2, 0) is 26.2 Å². The van der Waals surface area contributed by atoms with Crippen LogP contribution in [0.4, 0.5) is 11.4 Å². The van der Waals surface area contributed by atoms with Crippen LogP contribution in [0.5, 0.6) is 11.5 Å². The van der Waals surface area contributed by atoms with Crippen LogP contribution in [0.25, 0.3) is 0 Å². The molecule has 208 valence electrons. The summed E-state index contributed by atoms with van der Waals surface area (Å²) in [5.41, 5.74) is 0.103. The Hall–Kier alpha value is -3.87. The fourth-order valence-electron chi connectivity index (χ4n) is 3.60. The number of sulfonamides is 1. The van der Waals surface area contributed by atoms with Crippen molar-refractivity contribution in [3.8, 4) is 11.5 Å². The first-order valence-electron chi connectivity index (χ1n) is 11.8. The Morgan fingerprint density at radius 1 is 1.11 bits per heavy atom. The summed E-state index contributed by atoms with van der Waals surface area (Å²) < 4.78 is 36.8. The minimum atomic E-state index is -4.11. The number of nitrogens with one attached hydrogen (secondary N) is 1. The molecule has 0 fully saturated rings. The molecule has 0 aliphatic rings. The number of carbonyl (C=O) groups excluding carboxylic acids is 2. The minimum Gasteiger partial charge on any atom is -0.497 e. The number of carbonyl (C=O) groups is 2. The highest BCUT2D eigenvalue weighted by Gasteiger charge is 2.32. The molecule has 0 spiro atoms. The summed E-state index contributed by atoms with van der Waals surface area (Å²) in [5.74, 6) is -0.533. The molecule has 0 saturated carbocycles. The summed E-state index contributed by atoms with van der Waals surface area (Å²) in [6, 6.07) is 9.27. The fraction of sp³-hybridized carbons (Fsp3) is 0.440. The number of methoxy groups -OCH3 is 2. The number of benzene rings is 2. The zero-order valence-corrected chi connectivity index (χ0v) is 23.1. The maximum absolute atomic E-state index is 13.7. The number of ether oxygens (including phenoxy) is 2. The molecule has 13 heteroatoms. The molecule has 0 radical (unpaired) electrons. The van der Waals surface area contributed by atoms with Crippen LogP contribution in [0.1, 0.15) is 32.8 Å². The molecule has 2 atom stereocenters. The third-order valence-corrected chi connectivity index (χ3v) is 7.10. The molecule has 12 nitrogen and oxygen atoms in total. The van der Waals surface area contributed by atoms with Gasteiger partial charge in [0.2, 0.25) is 21.8 Å². The van der Waals surface area contributed by atoms with Gasteiger partial charge in [0.25, 0.3) is 5.69 Å². The Bertz CT molecular complexity index is 1270. The zero-order chi connectivity index (χ0) is 28.6. The van der Waals surface area contributed by atoms with Gasteiger partial charge in [-0.05, 0) is 44.0 Å². The van der Waals surface area contributed by atoms with Gasteiger partial charge in [0, 0.05) is 24.7 Å². The van der Waals surface area contributed by atoms with Gasteiger partial charge in [0.15, 0.2) is 0 Å². The largest absolute Gasteiger partial charge is 0.497 e. The molecule has 2 amide bonds. The Kier molecular flexibility index (Phi) is 10.5. The first-order valence-corrected chi connectivity index (χ1v) is 13.7. The van der Waals surface area contributed by atoms with Gasteiger partial charge in [-0.2, -0.15) is 0 Å². The average Bonchev–Trinajstić information content (AvgIpc) is 2.88. The Balaban J connectivity index is 2.53. The summed E-state index contributed by atoms with van der Waals surface area (Å²) in [6.45, 7) is 4.55. The van der Waals surface area contributed by atoms with Gasteiger partial charge in [0.1, 0.15) is 29.8 Å². The molecule has 0 bridgehead atoms. The number of non-ortho nitro benzene ring substituents is 1. The monoisotopic (exact) mass is 550 g/mol. The number of anilines is 1. The first-order chi connectivity index (χ1) is 17.8. The van der Waals surface area contributed by atoms with Crippen molar-refractivity contribution in [3.05, 3.63) is 58.1 Å². The van der Waals surface area contributed by atoms with Crippen LogP contribution < -0.4 is 19.1 Å². The summed E-state index contributed by atoms with van der Waals surface area (Å²) in [5, 5.41) is 14.2. The van der Waals surface area contributed by atoms with Gasteiger partial charge in [-0.25, -0.2) is 8.42 Å². The number of nitrogens with zero attached hydrogens (tertiary/aromatic N) is 3. The van der Waals surface area contributed by atoms with E-state index in [1.807, 2.05) is 13.8 Å². The number of rotatable bonds is 13. The molecule has 0 aliphatic heterocycles. The highest BCUT2D eigenvalue weighted by Crippen LogP contribution is 2.34. The Labute approximate surface area is 222 Å². The van der Waals surface area contributed by atoms with Crippen LogP contribution in [0.3, 0.4) is 0 Å². The van der Waals surface area contributed by atoms with Gasteiger partial charge in [0.05, 0.1) is 25.4 Å². The van der Waals surface area contributed by atoms with Gasteiger partial charge in [-0.1, -0.05) is 19.1 Å². The maximum atomic E-state index is 13.7. The third kappa shape index (κ3) is 7.81. The van der Waals surface area contributed by atoms with E-state index in [-0.39, 0.29) is 29.7 Å². The molecule has 2 unspecified atom stereocenters. The van der Waals surface area contributed by atoms with Crippen molar-refractivity contribution in [1.29, 1.82) is 0 Å². The zero-order valence-electron chi connectivity index (χ0n) is 22.3. The first kappa shape index (κ1) is 30.4. The number of nitro benzene ring substituents is 1. The highest BCUT2D eigenvalue weighted by atomic mass is 32.2. The number of nitro groups is 1. The van der Waals surface area contributed by atoms with Crippen LogP contribution in [0.15, 0.2) is 42.5 Å². The quantitative estimate of drug-likeness (QED) is 0.296. The summed E-state index contributed by atoms with van der Waals surface area (Å²) >= 11 is 0. The normalized spacial score (nSPS) is 12.7. The predicted molar refractivity (Wildman–Crippen MR) is 143 cm³/mol. The minimum absolute atomic E-state index is 0.0190. The van der Waals surface area contributed by atoms with E-state index in [0.717, 1.165) is 16.6 Å². The van der Waals surface area contributed by atoms with Crippen LogP contribution in [0, 0.1) is 10.1 Å². The van der Waals surface area contributed by atoms with E-state index in [1.54, 1.807) is 31.2 Å². The molecule has 2 rings (SSSR count). The van der Waals surface area contributed by atoms with E-state index in [9.17, 15) is 28.1 Å². The van der Waals surface area contributed by atoms with Crippen molar-refractivity contribution in [3.63, 3.8) is 0 Å². The number of hydrogen-bond acceptors (Lipinski definition) is 8. The van der Waals surface area contributed by atoms with Crippen molar-refractivity contribution in [2.45, 2.75) is 45.8 Å². The lowest BCUT2D eigenvalue weighted by atomic mass is 10.1. The van der Waals surface area contributed by atoms with E-state index >= 15 is 0 Å². The lowest BCUT2D eigenvalue weighted by Crippen LogP contribution is -2.52. The maximum Gasteiger partial charge on any atom is 0.271 e. The summed E-state index contributed by atoms with van der Waals surface area (Å²) in [4.78, 5) is 38.6. The van der Waals surface area contributed by atoms with Crippen molar-refractivity contribution in [2.24, 2.45) is 0 Å². The van der Waals surface area contributed by atoms with Gasteiger partial charge in [-0.3, -0.25) is 24.0 Å². The van der Waals surface area contributed by atoms with E-state index in [2.05, 4.69) is 5.32 Å². The van der Waals surface area contributed by atoms with Gasteiger partial charge < -0.3 is 19.7 Å². The number of hydrogen-bond donors (Lipinski definition) is 1. The lowest BCUT2D eigenvalue weighted by molar-refractivity contribution is -0.384. The second-order valence-corrected chi connectivity index (χ2v) is 10.7. The van der Waals surface area contributed by atoms with E-state index < -0.39 is 39.3 Å². The fourth-order valence-corrected chi connectivity index (χ4v) is 4.44. The molecule has 0 heterocycles. The Morgan fingerprint density at radius 2 is 1.79 bits per heavy atom. The standard InChI is InChI=1S/C25H34N4O8S/c1-7-17(2)26-25(31)18(3)27(15-19-9-8-10-21(13-19)36-4)24(30)16-28(38(6,34)35)22-14-20(29(32)33)11-12-23(22)37-5/h8-14,17-18H,7,15-16H2,1-6H3,(H,26,31).